The fourth-order valence-corrected chi connectivity index (χ4v) is 3.48. The Bertz CT molecular complexity index is 692. The van der Waals surface area contributed by atoms with E-state index < -0.39 is 5.60 Å². The lowest BCUT2D eigenvalue weighted by atomic mass is 9.92. The molecule has 1 fully saturated rings. The molecule has 0 saturated carbocycles. The minimum Gasteiger partial charge on any atom is -0.388 e. The number of hydrogen-bond donors (Lipinski definition) is 2. The smallest absolute Gasteiger partial charge is 0.266 e. The Morgan fingerprint density at radius 3 is 2.76 bits per heavy atom. The molecule has 0 aromatic carbocycles. The van der Waals surface area contributed by atoms with Crippen LogP contribution in [0.4, 0.5) is 0 Å². The Morgan fingerprint density at radius 1 is 1.33 bits per heavy atom. The zero-order valence-electron chi connectivity index (χ0n) is 11.4. The van der Waals surface area contributed by atoms with E-state index in [4.69, 9.17) is 11.6 Å². The first kappa shape index (κ1) is 14.7. The van der Waals surface area contributed by atoms with E-state index in [-0.39, 0.29) is 12.1 Å². The summed E-state index contributed by atoms with van der Waals surface area (Å²) in [7, 11) is 0. The minimum absolute atomic E-state index is 0.201. The van der Waals surface area contributed by atoms with Crippen LogP contribution in [0, 0.1) is 0 Å². The van der Waals surface area contributed by atoms with Gasteiger partial charge in [-0.05, 0) is 44.1 Å². The fraction of sp³-hybridized carbons (Fsp3) is 0.429. The molecule has 3 heterocycles. The maximum atomic E-state index is 12.0. The minimum atomic E-state index is -0.867. The van der Waals surface area contributed by atoms with E-state index in [9.17, 15) is 9.90 Å². The number of aliphatic hydroxyl groups is 1. The molecule has 2 aromatic heterocycles. The van der Waals surface area contributed by atoms with Gasteiger partial charge in [-0.3, -0.25) is 4.79 Å². The van der Waals surface area contributed by atoms with Crippen LogP contribution in [0.25, 0.3) is 10.6 Å². The first-order valence-electron chi connectivity index (χ1n) is 6.83. The number of piperidine rings is 1. The molecule has 1 saturated heterocycles. The lowest BCUT2D eigenvalue weighted by Crippen LogP contribution is -2.46. The van der Waals surface area contributed by atoms with Crippen molar-refractivity contribution in [1.82, 2.24) is 15.1 Å². The second-order valence-electron chi connectivity index (χ2n) is 5.29. The average molecular weight is 326 g/mol. The average Bonchev–Trinajstić information content (AvgIpc) is 2.88. The summed E-state index contributed by atoms with van der Waals surface area (Å²) < 4.78 is 2.04. The molecule has 0 aliphatic carbocycles. The third-order valence-electron chi connectivity index (χ3n) is 3.67. The normalized spacial score (nSPS) is 17.8. The lowest BCUT2D eigenvalue weighted by molar-refractivity contribution is -0.00934. The zero-order chi connectivity index (χ0) is 14.9. The number of rotatable bonds is 3. The Morgan fingerprint density at radius 2 is 2.10 bits per heavy atom. The van der Waals surface area contributed by atoms with Crippen LogP contribution in [0.2, 0.25) is 4.34 Å². The summed E-state index contributed by atoms with van der Waals surface area (Å²) in [4.78, 5) is 12.9. The molecule has 112 valence electrons. The van der Waals surface area contributed by atoms with Crippen molar-refractivity contribution in [2.75, 3.05) is 13.1 Å². The van der Waals surface area contributed by atoms with Crippen LogP contribution < -0.4 is 10.9 Å². The number of thiophene rings is 1. The molecule has 5 nitrogen and oxygen atoms in total. The molecule has 0 unspecified atom stereocenters. The summed E-state index contributed by atoms with van der Waals surface area (Å²) in [5, 5.41) is 18.1. The molecule has 1 aliphatic rings. The second-order valence-corrected chi connectivity index (χ2v) is 7.01. The molecule has 0 radical (unpaired) electrons. The quantitative estimate of drug-likeness (QED) is 0.902. The highest BCUT2D eigenvalue weighted by atomic mass is 35.5. The van der Waals surface area contributed by atoms with Gasteiger partial charge in [0.15, 0.2) is 0 Å². The number of hydrogen-bond acceptors (Lipinski definition) is 5. The standard InChI is InChI=1S/C14H16ClN3O2S/c15-12-3-2-11(21-12)10-1-4-13(19)18(17-10)9-14(20)5-7-16-8-6-14/h1-4,16,20H,5-9H2. The Kier molecular flexibility index (Phi) is 4.12. The lowest BCUT2D eigenvalue weighted by Gasteiger charge is -2.32. The maximum absolute atomic E-state index is 12.0. The molecular weight excluding hydrogens is 310 g/mol. The van der Waals surface area contributed by atoms with Crippen molar-refractivity contribution in [3.05, 3.63) is 39.0 Å². The molecule has 7 heteroatoms. The molecule has 2 N–H and O–H groups in total. The van der Waals surface area contributed by atoms with Crippen LogP contribution in [0.5, 0.6) is 0 Å². The van der Waals surface area contributed by atoms with Crippen LogP contribution in [0.15, 0.2) is 29.1 Å². The van der Waals surface area contributed by atoms with Crippen molar-refractivity contribution >= 4 is 22.9 Å². The van der Waals surface area contributed by atoms with Crippen molar-refractivity contribution in [2.24, 2.45) is 0 Å². The van der Waals surface area contributed by atoms with Crippen molar-refractivity contribution in [3.8, 4) is 10.6 Å². The van der Waals surface area contributed by atoms with Gasteiger partial charge >= 0.3 is 0 Å². The van der Waals surface area contributed by atoms with Gasteiger partial charge in [0.25, 0.3) is 5.56 Å². The Labute approximate surface area is 131 Å². The predicted molar refractivity (Wildman–Crippen MR) is 83.9 cm³/mol. The summed E-state index contributed by atoms with van der Waals surface area (Å²) >= 11 is 7.35. The van der Waals surface area contributed by atoms with Crippen molar-refractivity contribution < 1.29 is 5.11 Å². The number of aromatic nitrogens is 2. The van der Waals surface area contributed by atoms with E-state index in [0.717, 1.165) is 18.0 Å². The highest BCUT2D eigenvalue weighted by Crippen LogP contribution is 2.29. The molecule has 0 bridgehead atoms. The monoisotopic (exact) mass is 325 g/mol. The molecule has 21 heavy (non-hydrogen) atoms. The van der Waals surface area contributed by atoms with Crippen molar-refractivity contribution in [2.45, 2.75) is 25.0 Å². The molecule has 0 atom stereocenters. The van der Waals surface area contributed by atoms with Crippen LogP contribution in [0.1, 0.15) is 12.8 Å². The third kappa shape index (κ3) is 3.35. The van der Waals surface area contributed by atoms with Crippen LogP contribution in [-0.4, -0.2) is 33.6 Å². The van der Waals surface area contributed by atoms with Gasteiger partial charge in [0.2, 0.25) is 0 Å². The van der Waals surface area contributed by atoms with Gasteiger partial charge in [0.1, 0.15) is 5.69 Å². The summed E-state index contributed by atoms with van der Waals surface area (Å²) in [6.07, 6.45) is 1.24. The van der Waals surface area contributed by atoms with E-state index >= 15 is 0 Å². The number of nitrogens with one attached hydrogen (secondary N) is 1. The van der Waals surface area contributed by atoms with Gasteiger partial charge < -0.3 is 10.4 Å². The van der Waals surface area contributed by atoms with E-state index in [1.807, 2.05) is 6.07 Å². The highest BCUT2D eigenvalue weighted by molar-refractivity contribution is 7.19. The largest absolute Gasteiger partial charge is 0.388 e. The molecule has 0 amide bonds. The van der Waals surface area contributed by atoms with E-state index in [0.29, 0.717) is 22.9 Å². The van der Waals surface area contributed by atoms with Crippen molar-refractivity contribution in [3.63, 3.8) is 0 Å². The van der Waals surface area contributed by atoms with Crippen LogP contribution in [0.3, 0.4) is 0 Å². The highest BCUT2D eigenvalue weighted by Gasteiger charge is 2.30. The molecular formula is C14H16ClN3O2S. The van der Waals surface area contributed by atoms with E-state index in [1.54, 1.807) is 12.1 Å². The molecule has 0 spiro atoms. The summed E-state index contributed by atoms with van der Waals surface area (Å²) in [5.74, 6) is 0. The number of halogens is 1. The molecule has 2 aromatic rings. The Hall–Kier alpha value is -1.21. The van der Waals surface area contributed by atoms with E-state index in [1.165, 1.54) is 22.1 Å². The molecule has 1 aliphatic heterocycles. The summed E-state index contributed by atoms with van der Waals surface area (Å²) in [6.45, 7) is 1.73. The topological polar surface area (TPSA) is 67.2 Å². The van der Waals surface area contributed by atoms with Gasteiger partial charge in [-0.15, -0.1) is 11.3 Å². The van der Waals surface area contributed by atoms with Gasteiger partial charge in [-0.2, -0.15) is 5.10 Å². The van der Waals surface area contributed by atoms with Gasteiger partial charge in [-0.1, -0.05) is 11.6 Å². The van der Waals surface area contributed by atoms with Gasteiger partial charge in [0, 0.05) is 6.07 Å². The zero-order valence-corrected chi connectivity index (χ0v) is 13.0. The van der Waals surface area contributed by atoms with Crippen LogP contribution in [-0.2, 0) is 6.54 Å². The first-order valence-corrected chi connectivity index (χ1v) is 8.02. The first-order chi connectivity index (χ1) is 10.1. The summed E-state index contributed by atoms with van der Waals surface area (Å²) in [5.41, 5.74) is -0.370. The third-order valence-corrected chi connectivity index (χ3v) is 4.92. The van der Waals surface area contributed by atoms with Gasteiger partial charge in [0.05, 0.1) is 21.4 Å². The SMILES string of the molecule is O=c1ccc(-c2ccc(Cl)s2)nn1CC1(O)CCNCC1. The molecule has 3 rings (SSSR count). The predicted octanol–water partition coefficient (Wildman–Crippen LogP) is 1.74. The fourth-order valence-electron chi connectivity index (χ4n) is 2.47. The number of nitrogens with zero attached hydrogens (tertiary/aromatic N) is 2. The summed E-state index contributed by atoms with van der Waals surface area (Å²) in [6, 6.07) is 6.86. The van der Waals surface area contributed by atoms with E-state index in [2.05, 4.69) is 10.4 Å². The maximum Gasteiger partial charge on any atom is 0.266 e. The van der Waals surface area contributed by atoms with Gasteiger partial charge in [-0.25, -0.2) is 4.68 Å². The van der Waals surface area contributed by atoms with Crippen LogP contribution >= 0.6 is 22.9 Å². The Balaban J connectivity index is 1.89. The second kappa shape index (κ2) is 5.88. The van der Waals surface area contributed by atoms with Crippen molar-refractivity contribution in [1.29, 1.82) is 0 Å².